The molecule has 148 valence electrons. The van der Waals surface area contributed by atoms with Gasteiger partial charge < -0.3 is 20.8 Å². The minimum atomic E-state index is -0.607. The summed E-state index contributed by atoms with van der Waals surface area (Å²) in [5.74, 6) is 1.01. The number of rotatable bonds is 8. The van der Waals surface area contributed by atoms with E-state index in [1.165, 1.54) is 10.3 Å². The van der Waals surface area contributed by atoms with Gasteiger partial charge in [0.15, 0.2) is 5.96 Å². The van der Waals surface area contributed by atoms with Crippen LogP contribution in [0.25, 0.3) is 10.1 Å². The van der Waals surface area contributed by atoms with Crippen LogP contribution in [-0.4, -0.2) is 35.8 Å². The number of phenolic OH excluding ortho intramolecular Hbond substituents is 1. The number of aliphatic hydroxyl groups is 1. The number of benzene rings is 2. The first-order chi connectivity index (χ1) is 13.7. The topological polar surface area (TPSA) is 76.9 Å². The molecular weight excluding hydrogens is 370 g/mol. The highest BCUT2D eigenvalue weighted by molar-refractivity contribution is 7.19. The van der Waals surface area contributed by atoms with Crippen molar-refractivity contribution in [2.75, 3.05) is 19.6 Å². The Kier molecular flexibility index (Phi) is 7.28. The van der Waals surface area contributed by atoms with E-state index < -0.39 is 6.10 Å². The van der Waals surface area contributed by atoms with Crippen LogP contribution >= 0.6 is 11.3 Å². The molecule has 0 bridgehead atoms. The van der Waals surface area contributed by atoms with Crippen LogP contribution in [0.4, 0.5) is 0 Å². The number of aliphatic imine (C=N–C) groups is 1. The zero-order chi connectivity index (χ0) is 19.8. The molecule has 0 saturated carbocycles. The molecule has 4 N–H and O–H groups in total. The van der Waals surface area contributed by atoms with Gasteiger partial charge in [-0.3, -0.25) is 4.99 Å². The molecule has 28 heavy (non-hydrogen) atoms. The number of aryl methyl sites for hydroxylation is 1. The van der Waals surface area contributed by atoms with Crippen molar-refractivity contribution in [1.29, 1.82) is 0 Å². The molecular formula is C22H27N3O2S. The Hall–Kier alpha value is -2.57. The molecule has 0 aliphatic heterocycles. The highest BCUT2D eigenvalue weighted by Crippen LogP contribution is 2.29. The lowest BCUT2D eigenvalue weighted by molar-refractivity contribution is 0.191. The van der Waals surface area contributed by atoms with Crippen LogP contribution in [0, 0.1) is 0 Å². The van der Waals surface area contributed by atoms with Gasteiger partial charge in [-0.2, -0.15) is 0 Å². The van der Waals surface area contributed by atoms with Crippen molar-refractivity contribution in [3.8, 4) is 5.75 Å². The molecule has 5 nitrogen and oxygen atoms in total. The van der Waals surface area contributed by atoms with E-state index in [1.54, 1.807) is 23.5 Å². The van der Waals surface area contributed by atoms with Crippen molar-refractivity contribution in [3.63, 3.8) is 0 Å². The average molecular weight is 398 g/mol. The average Bonchev–Trinajstić information content (AvgIpc) is 3.15. The molecule has 1 aromatic heterocycles. The van der Waals surface area contributed by atoms with E-state index in [0.29, 0.717) is 18.3 Å². The maximum absolute atomic E-state index is 10.5. The number of aromatic hydroxyl groups is 1. The Labute approximate surface area is 169 Å². The van der Waals surface area contributed by atoms with Crippen molar-refractivity contribution in [2.45, 2.75) is 25.9 Å². The van der Waals surface area contributed by atoms with E-state index in [-0.39, 0.29) is 0 Å². The summed E-state index contributed by atoms with van der Waals surface area (Å²) in [5.41, 5.74) is 1.20. The maximum atomic E-state index is 10.5. The fourth-order valence-corrected chi connectivity index (χ4v) is 3.98. The zero-order valence-electron chi connectivity index (χ0n) is 16.1. The summed E-state index contributed by atoms with van der Waals surface area (Å²) < 4.78 is 1.18. The first-order valence-corrected chi connectivity index (χ1v) is 10.4. The summed E-state index contributed by atoms with van der Waals surface area (Å²) in [5, 5.41) is 27.5. The molecule has 0 amide bonds. The number of hydrogen-bond acceptors (Lipinski definition) is 4. The van der Waals surface area contributed by atoms with Crippen molar-refractivity contribution in [3.05, 3.63) is 65.0 Å². The minimum Gasteiger partial charge on any atom is -0.508 e. The summed E-state index contributed by atoms with van der Waals surface area (Å²) in [6.45, 7) is 3.89. The Balaban J connectivity index is 1.50. The highest BCUT2D eigenvalue weighted by atomic mass is 32.1. The first kappa shape index (κ1) is 20.2. The molecule has 0 fully saturated rings. The number of fused-ring (bicyclic) bond motifs is 1. The molecule has 2 aromatic carbocycles. The van der Waals surface area contributed by atoms with Gasteiger partial charge in [-0.1, -0.05) is 30.3 Å². The number of hydrogen-bond donors (Lipinski definition) is 4. The summed E-state index contributed by atoms with van der Waals surface area (Å²) in [6, 6.07) is 17.5. The predicted octanol–water partition coefficient (Wildman–Crippen LogP) is 3.83. The predicted molar refractivity (Wildman–Crippen MR) is 117 cm³/mol. The fourth-order valence-electron chi connectivity index (χ4n) is 2.94. The Morgan fingerprint density at radius 2 is 1.89 bits per heavy atom. The van der Waals surface area contributed by atoms with Crippen molar-refractivity contribution < 1.29 is 10.2 Å². The minimum absolute atomic E-state index is 0.292. The van der Waals surface area contributed by atoms with E-state index in [2.05, 4.69) is 27.8 Å². The van der Waals surface area contributed by atoms with Crippen LogP contribution in [0.2, 0.25) is 0 Å². The van der Waals surface area contributed by atoms with E-state index in [9.17, 15) is 10.2 Å². The molecule has 3 aromatic rings. The maximum Gasteiger partial charge on any atom is 0.191 e. The van der Waals surface area contributed by atoms with Crippen LogP contribution in [0.5, 0.6) is 5.75 Å². The van der Waals surface area contributed by atoms with Crippen LogP contribution in [-0.2, 0) is 6.42 Å². The molecule has 6 heteroatoms. The Bertz CT molecular complexity index is 873. The monoisotopic (exact) mass is 397 g/mol. The smallest absolute Gasteiger partial charge is 0.191 e. The lowest BCUT2D eigenvalue weighted by Gasteiger charge is -2.12. The number of guanidine groups is 1. The van der Waals surface area contributed by atoms with Crippen LogP contribution < -0.4 is 10.6 Å². The normalized spacial score (nSPS) is 12.9. The summed E-state index contributed by atoms with van der Waals surface area (Å²) >= 11 is 1.61. The highest BCUT2D eigenvalue weighted by Gasteiger charge is 2.11. The quantitative estimate of drug-likeness (QED) is 0.265. The SMILES string of the molecule is CCNC(=NCC(O)c1cc2ccccc2s1)NCCCc1ccc(O)cc1. The Morgan fingerprint density at radius 3 is 2.64 bits per heavy atom. The van der Waals surface area contributed by atoms with Gasteiger partial charge in [0, 0.05) is 22.7 Å². The number of phenols is 1. The molecule has 0 saturated heterocycles. The van der Waals surface area contributed by atoms with E-state index in [4.69, 9.17) is 0 Å². The molecule has 0 spiro atoms. The molecule has 0 radical (unpaired) electrons. The number of nitrogens with one attached hydrogen (secondary N) is 2. The number of thiophene rings is 1. The van der Waals surface area contributed by atoms with Gasteiger partial charge in [0.2, 0.25) is 0 Å². The second kappa shape index (κ2) is 10.1. The second-order valence-electron chi connectivity index (χ2n) is 6.62. The number of nitrogens with zero attached hydrogens (tertiary/aromatic N) is 1. The van der Waals surface area contributed by atoms with E-state index in [0.717, 1.165) is 36.2 Å². The van der Waals surface area contributed by atoms with Crippen molar-refractivity contribution in [1.82, 2.24) is 10.6 Å². The number of aliphatic hydroxyl groups excluding tert-OH is 1. The third-order valence-electron chi connectivity index (χ3n) is 4.41. The van der Waals surface area contributed by atoms with Gasteiger partial charge in [-0.05, 0) is 55.0 Å². The van der Waals surface area contributed by atoms with Gasteiger partial charge in [-0.15, -0.1) is 11.3 Å². The largest absolute Gasteiger partial charge is 0.508 e. The van der Waals surface area contributed by atoms with Gasteiger partial charge in [0.1, 0.15) is 11.9 Å². The molecule has 1 heterocycles. The van der Waals surface area contributed by atoms with Crippen molar-refractivity contribution in [2.24, 2.45) is 4.99 Å². The van der Waals surface area contributed by atoms with Crippen molar-refractivity contribution >= 4 is 27.4 Å². The van der Waals surface area contributed by atoms with Crippen LogP contribution in [0.3, 0.4) is 0 Å². The standard InChI is InChI=1S/C22H27N3O2S/c1-2-23-22(24-13-5-6-16-9-11-18(26)12-10-16)25-15-19(27)21-14-17-7-3-4-8-20(17)28-21/h3-4,7-12,14,19,26-27H,2,5-6,13,15H2,1H3,(H2,23,24,25). The summed E-state index contributed by atoms with van der Waals surface area (Å²) in [7, 11) is 0. The van der Waals surface area contributed by atoms with Gasteiger partial charge in [0.25, 0.3) is 0 Å². The van der Waals surface area contributed by atoms with Crippen LogP contribution in [0.1, 0.15) is 29.9 Å². The molecule has 0 aliphatic carbocycles. The summed E-state index contributed by atoms with van der Waals surface area (Å²) in [4.78, 5) is 5.47. The van der Waals surface area contributed by atoms with Gasteiger partial charge in [-0.25, -0.2) is 0 Å². The lowest BCUT2D eigenvalue weighted by Crippen LogP contribution is -2.38. The molecule has 3 rings (SSSR count). The summed E-state index contributed by atoms with van der Waals surface area (Å²) in [6.07, 6.45) is 1.27. The zero-order valence-corrected chi connectivity index (χ0v) is 16.9. The lowest BCUT2D eigenvalue weighted by atomic mass is 10.1. The Morgan fingerprint density at radius 1 is 1.11 bits per heavy atom. The second-order valence-corrected chi connectivity index (χ2v) is 7.73. The third-order valence-corrected chi connectivity index (χ3v) is 5.63. The van der Waals surface area contributed by atoms with Crippen LogP contribution in [0.15, 0.2) is 59.6 Å². The van der Waals surface area contributed by atoms with E-state index in [1.807, 2.05) is 37.3 Å². The molecule has 1 unspecified atom stereocenters. The molecule has 0 aliphatic rings. The van der Waals surface area contributed by atoms with Gasteiger partial charge >= 0.3 is 0 Å². The fraction of sp³-hybridized carbons (Fsp3) is 0.318. The first-order valence-electron chi connectivity index (χ1n) is 9.62. The third kappa shape index (κ3) is 5.71. The van der Waals surface area contributed by atoms with E-state index >= 15 is 0 Å². The molecule has 1 atom stereocenters. The van der Waals surface area contributed by atoms with Gasteiger partial charge in [0.05, 0.1) is 6.54 Å².